The lowest BCUT2D eigenvalue weighted by molar-refractivity contribution is 0.356. The van der Waals surface area contributed by atoms with Crippen molar-refractivity contribution in [2.45, 2.75) is 85.0 Å². The zero-order chi connectivity index (χ0) is 16.3. The van der Waals surface area contributed by atoms with Crippen LogP contribution in [0.25, 0.3) is 6.08 Å². The van der Waals surface area contributed by atoms with Gasteiger partial charge in [0.25, 0.3) is 0 Å². The Morgan fingerprint density at radius 1 is 0.773 bits per heavy atom. The smallest absolute Gasteiger partial charge is 0.0262 e. The summed E-state index contributed by atoms with van der Waals surface area (Å²) in [5.41, 5.74) is 3.20. The van der Waals surface area contributed by atoms with Gasteiger partial charge in [-0.05, 0) is 35.8 Å². The van der Waals surface area contributed by atoms with Crippen molar-refractivity contribution in [2.75, 3.05) is 0 Å². The number of hydrogen-bond acceptors (Lipinski definition) is 0. The van der Waals surface area contributed by atoms with Crippen LogP contribution in [0.4, 0.5) is 0 Å². The second-order valence-corrected chi connectivity index (χ2v) is 7.83. The summed E-state index contributed by atoms with van der Waals surface area (Å²) in [7, 11) is 0. The van der Waals surface area contributed by atoms with E-state index in [4.69, 9.17) is 0 Å². The van der Waals surface area contributed by atoms with Gasteiger partial charge in [-0.2, -0.15) is 0 Å². The molecule has 0 N–H and O–H groups in total. The van der Waals surface area contributed by atoms with Crippen LogP contribution >= 0.6 is 0 Å². The molecule has 0 bridgehead atoms. The first-order valence-corrected chi connectivity index (χ1v) is 9.23. The number of hydrogen-bond donors (Lipinski definition) is 0. The molecular formula is C22H36. The van der Waals surface area contributed by atoms with Gasteiger partial charge in [-0.15, -0.1) is 0 Å². The van der Waals surface area contributed by atoms with E-state index in [1.165, 1.54) is 75.3 Å². The highest BCUT2D eigenvalue weighted by atomic mass is 14.1. The van der Waals surface area contributed by atoms with Crippen molar-refractivity contribution in [3.05, 3.63) is 42.0 Å². The summed E-state index contributed by atoms with van der Waals surface area (Å²) < 4.78 is 0. The molecule has 0 aliphatic rings. The topological polar surface area (TPSA) is 0 Å². The van der Waals surface area contributed by atoms with E-state index in [2.05, 4.69) is 51.6 Å². The standard InChI is InChI=1S/C22H36/c1-5-20-15-17-21(18-16-20)14-12-10-8-6-7-9-11-13-19-22(2,3)4/h5,15-18H,1,6-14,19H2,2-4H3. The third-order valence-corrected chi connectivity index (χ3v) is 4.36. The van der Waals surface area contributed by atoms with E-state index in [1.807, 2.05) is 6.08 Å². The number of aryl methyl sites for hydroxylation is 1. The first kappa shape index (κ1) is 19.0. The fourth-order valence-electron chi connectivity index (χ4n) is 2.87. The molecule has 0 amide bonds. The minimum Gasteiger partial charge on any atom is -0.0985 e. The molecular weight excluding hydrogens is 264 g/mol. The van der Waals surface area contributed by atoms with Crippen LogP contribution in [0.3, 0.4) is 0 Å². The second-order valence-electron chi connectivity index (χ2n) is 7.83. The summed E-state index contributed by atoms with van der Waals surface area (Å²) in [6.07, 6.45) is 15.7. The van der Waals surface area contributed by atoms with Gasteiger partial charge in [-0.3, -0.25) is 0 Å². The molecule has 124 valence electrons. The fraction of sp³-hybridized carbons (Fsp3) is 0.636. The number of benzene rings is 1. The summed E-state index contributed by atoms with van der Waals surface area (Å²) in [6, 6.07) is 8.82. The van der Waals surface area contributed by atoms with Crippen LogP contribution in [0.5, 0.6) is 0 Å². The third-order valence-electron chi connectivity index (χ3n) is 4.36. The molecule has 0 saturated carbocycles. The van der Waals surface area contributed by atoms with E-state index in [9.17, 15) is 0 Å². The monoisotopic (exact) mass is 300 g/mol. The maximum Gasteiger partial charge on any atom is -0.0262 e. The van der Waals surface area contributed by atoms with Gasteiger partial charge in [0.05, 0.1) is 0 Å². The largest absolute Gasteiger partial charge is 0.0985 e. The first-order chi connectivity index (χ1) is 10.5. The molecule has 0 aromatic heterocycles. The molecule has 22 heavy (non-hydrogen) atoms. The zero-order valence-corrected chi connectivity index (χ0v) is 15.2. The molecule has 1 aromatic rings. The van der Waals surface area contributed by atoms with Crippen LogP contribution in [0.15, 0.2) is 30.8 Å². The van der Waals surface area contributed by atoms with Crippen LogP contribution in [0.2, 0.25) is 0 Å². The Kier molecular flexibility index (Phi) is 9.20. The lowest BCUT2D eigenvalue weighted by atomic mass is 9.89. The maximum absolute atomic E-state index is 3.79. The van der Waals surface area contributed by atoms with Gasteiger partial charge in [0.2, 0.25) is 0 Å². The molecule has 0 aliphatic carbocycles. The van der Waals surface area contributed by atoms with E-state index >= 15 is 0 Å². The average Bonchev–Trinajstić information content (AvgIpc) is 2.48. The summed E-state index contributed by atoms with van der Waals surface area (Å²) in [5.74, 6) is 0. The Bertz CT molecular complexity index is 391. The molecule has 0 unspecified atom stereocenters. The Morgan fingerprint density at radius 2 is 1.27 bits per heavy atom. The normalized spacial score (nSPS) is 11.6. The molecule has 0 nitrogen and oxygen atoms in total. The minimum atomic E-state index is 0.518. The van der Waals surface area contributed by atoms with Crippen molar-refractivity contribution < 1.29 is 0 Å². The van der Waals surface area contributed by atoms with E-state index in [-0.39, 0.29) is 0 Å². The molecule has 0 spiro atoms. The van der Waals surface area contributed by atoms with Gasteiger partial charge < -0.3 is 0 Å². The van der Waals surface area contributed by atoms with E-state index in [1.54, 1.807) is 0 Å². The number of unbranched alkanes of at least 4 members (excludes halogenated alkanes) is 7. The molecule has 1 aromatic carbocycles. The number of rotatable bonds is 11. The quantitative estimate of drug-likeness (QED) is 0.373. The summed E-state index contributed by atoms with van der Waals surface area (Å²) in [5, 5.41) is 0. The predicted molar refractivity (Wildman–Crippen MR) is 101 cm³/mol. The highest BCUT2D eigenvalue weighted by molar-refractivity contribution is 5.47. The fourth-order valence-corrected chi connectivity index (χ4v) is 2.87. The van der Waals surface area contributed by atoms with Gasteiger partial charge in [0.1, 0.15) is 0 Å². The van der Waals surface area contributed by atoms with Crippen molar-refractivity contribution in [3.63, 3.8) is 0 Å². The molecule has 0 heterocycles. The van der Waals surface area contributed by atoms with Gasteiger partial charge in [-0.1, -0.05) is 103 Å². The molecule has 1 rings (SSSR count). The van der Waals surface area contributed by atoms with Crippen LogP contribution in [-0.2, 0) is 6.42 Å². The van der Waals surface area contributed by atoms with E-state index < -0.39 is 0 Å². The molecule has 0 fully saturated rings. The molecule has 0 aliphatic heterocycles. The van der Waals surface area contributed by atoms with Crippen LogP contribution < -0.4 is 0 Å². The Hall–Kier alpha value is -1.04. The van der Waals surface area contributed by atoms with Gasteiger partial charge in [0.15, 0.2) is 0 Å². The molecule has 0 radical (unpaired) electrons. The lowest BCUT2D eigenvalue weighted by Gasteiger charge is -2.17. The Balaban J connectivity index is 1.92. The summed E-state index contributed by atoms with van der Waals surface area (Å²) in [6.45, 7) is 10.8. The average molecular weight is 301 g/mol. The molecule has 0 atom stereocenters. The van der Waals surface area contributed by atoms with Crippen LogP contribution in [0, 0.1) is 5.41 Å². The van der Waals surface area contributed by atoms with Crippen LogP contribution in [-0.4, -0.2) is 0 Å². The van der Waals surface area contributed by atoms with Crippen molar-refractivity contribution in [2.24, 2.45) is 5.41 Å². The molecule has 0 heteroatoms. The van der Waals surface area contributed by atoms with E-state index in [0.29, 0.717) is 5.41 Å². The first-order valence-electron chi connectivity index (χ1n) is 9.23. The van der Waals surface area contributed by atoms with Gasteiger partial charge in [0, 0.05) is 0 Å². The highest BCUT2D eigenvalue weighted by Crippen LogP contribution is 2.22. The second kappa shape index (κ2) is 10.6. The summed E-state index contributed by atoms with van der Waals surface area (Å²) >= 11 is 0. The van der Waals surface area contributed by atoms with Crippen molar-refractivity contribution in [1.82, 2.24) is 0 Å². The molecule has 0 saturated heterocycles. The maximum atomic E-state index is 3.79. The highest BCUT2D eigenvalue weighted by Gasteiger charge is 2.08. The third kappa shape index (κ3) is 9.82. The minimum absolute atomic E-state index is 0.518. The van der Waals surface area contributed by atoms with E-state index in [0.717, 1.165) is 0 Å². The Morgan fingerprint density at radius 3 is 1.77 bits per heavy atom. The van der Waals surface area contributed by atoms with Gasteiger partial charge >= 0.3 is 0 Å². The van der Waals surface area contributed by atoms with Crippen molar-refractivity contribution in [3.8, 4) is 0 Å². The Labute approximate surface area is 139 Å². The van der Waals surface area contributed by atoms with Crippen LogP contribution in [0.1, 0.15) is 89.7 Å². The SMILES string of the molecule is C=Cc1ccc(CCCCCCCCCCC(C)(C)C)cc1. The summed E-state index contributed by atoms with van der Waals surface area (Å²) in [4.78, 5) is 0. The zero-order valence-electron chi connectivity index (χ0n) is 15.2. The van der Waals surface area contributed by atoms with Gasteiger partial charge in [-0.25, -0.2) is 0 Å². The lowest BCUT2D eigenvalue weighted by Crippen LogP contribution is -2.03. The van der Waals surface area contributed by atoms with Crippen molar-refractivity contribution >= 4 is 6.08 Å². The predicted octanol–water partition coefficient (Wildman–Crippen LogP) is 7.43. The van der Waals surface area contributed by atoms with Crippen molar-refractivity contribution in [1.29, 1.82) is 0 Å².